The van der Waals surface area contributed by atoms with Gasteiger partial charge in [0.05, 0.1) is 9.92 Å². The lowest BCUT2D eigenvalue weighted by Gasteiger charge is -2.34. The van der Waals surface area contributed by atoms with Crippen LogP contribution in [0.3, 0.4) is 0 Å². The molecule has 0 aromatic heterocycles. The van der Waals surface area contributed by atoms with E-state index in [9.17, 15) is 17.6 Å². The van der Waals surface area contributed by atoms with Crippen LogP contribution in [-0.2, 0) is 21.2 Å². The summed E-state index contributed by atoms with van der Waals surface area (Å²) in [5.74, 6) is -0.646. The van der Waals surface area contributed by atoms with Gasteiger partial charge in [-0.2, -0.15) is 4.31 Å². The Morgan fingerprint density at radius 2 is 1.71 bits per heavy atom. The molecule has 0 saturated carbocycles. The Morgan fingerprint density at radius 3 is 2.32 bits per heavy atom. The van der Waals surface area contributed by atoms with Gasteiger partial charge in [0, 0.05) is 32.6 Å². The second-order valence-electron chi connectivity index (χ2n) is 6.85. The molecule has 2 aromatic carbocycles. The van der Waals surface area contributed by atoms with Crippen LogP contribution in [0.2, 0.25) is 5.02 Å². The van der Waals surface area contributed by atoms with Crippen LogP contribution < -0.4 is 0 Å². The highest BCUT2D eigenvalue weighted by Crippen LogP contribution is 2.23. The standard InChI is InChI=1S/C20H22ClFN2O3S/c1-15-2-4-16(5-3-15)6-9-20(25)23-10-12-24(13-11-23)28(26,27)17-7-8-19(22)18(21)14-17/h2-5,7-8,14H,6,9-13H2,1H3. The summed E-state index contributed by atoms with van der Waals surface area (Å²) in [6, 6.07) is 11.4. The van der Waals surface area contributed by atoms with Crippen molar-refractivity contribution < 1.29 is 17.6 Å². The van der Waals surface area contributed by atoms with Gasteiger partial charge in [-0.3, -0.25) is 4.79 Å². The number of carbonyl (C=O) groups excluding carboxylic acids is 1. The summed E-state index contributed by atoms with van der Waals surface area (Å²) in [7, 11) is -3.77. The van der Waals surface area contributed by atoms with Crippen LogP contribution in [0, 0.1) is 12.7 Å². The number of piperazine rings is 1. The minimum absolute atomic E-state index is 0.0162. The van der Waals surface area contributed by atoms with Gasteiger partial charge in [0.15, 0.2) is 0 Å². The maximum Gasteiger partial charge on any atom is 0.243 e. The fraction of sp³-hybridized carbons (Fsp3) is 0.350. The van der Waals surface area contributed by atoms with Crippen molar-refractivity contribution >= 4 is 27.5 Å². The molecule has 0 spiro atoms. The Labute approximate surface area is 169 Å². The smallest absolute Gasteiger partial charge is 0.243 e. The van der Waals surface area contributed by atoms with Crippen LogP contribution in [0.15, 0.2) is 47.4 Å². The van der Waals surface area contributed by atoms with Gasteiger partial charge in [0.1, 0.15) is 5.82 Å². The van der Waals surface area contributed by atoms with Gasteiger partial charge in [-0.15, -0.1) is 0 Å². The fourth-order valence-corrected chi connectivity index (χ4v) is 4.82. The first kappa shape index (κ1) is 20.8. The molecule has 0 bridgehead atoms. The van der Waals surface area contributed by atoms with Crippen LogP contribution in [0.25, 0.3) is 0 Å². The van der Waals surface area contributed by atoms with E-state index in [-0.39, 0.29) is 28.9 Å². The molecule has 1 amide bonds. The van der Waals surface area contributed by atoms with E-state index in [4.69, 9.17) is 11.6 Å². The maximum absolute atomic E-state index is 13.3. The predicted molar refractivity (Wildman–Crippen MR) is 106 cm³/mol. The Balaban J connectivity index is 1.56. The molecule has 150 valence electrons. The largest absolute Gasteiger partial charge is 0.340 e. The number of amides is 1. The molecule has 0 atom stereocenters. The number of hydrogen-bond donors (Lipinski definition) is 0. The zero-order chi connectivity index (χ0) is 20.3. The van der Waals surface area contributed by atoms with Gasteiger partial charge < -0.3 is 4.90 Å². The quantitative estimate of drug-likeness (QED) is 0.740. The van der Waals surface area contributed by atoms with E-state index in [0.29, 0.717) is 25.9 Å². The average molecular weight is 425 g/mol. The Hall–Kier alpha value is -1.96. The molecule has 1 fully saturated rings. The zero-order valence-electron chi connectivity index (χ0n) is 15.6. The number of nitrogens with zero attached hydrogens (tertiary/aromatic N) is 2. The third-order valence-corrected chi connectivity index (χ3v) is 7.05. The highest BCUT2D eigenvalue weighted by atomic mass is 35.5. The van der Waals surface area contributed by atoms with E-state index in [1.807, 2.05) is 31.2 Å². The summed E-state index contributed by atoms with van der Waals surface area (Å²) in [5.41, 5.74) is 2.28. The third kappa shape index (κ3) is 4.71. The molecule has 8 heteroatoms. The SMILES string of the molecule is Cc1ccc(CCC(=O)N2CCN(S(=O)(=O)c3ccc(F)c(Cl)c3)CC2)cc1. The molecule has 0 aliphatic carbocycles. The van der Waals surface area contributed by atoms with Crippen molar-refractivity contribution in [3.63, 3.8) is 0 Å². The fourth-order valence-electron chi connectivity index (χ4n) is 3.13. The summed E-state index contributed by atoms with van der Waals surface area (Å²) in [5, 5.41) is -0.231. The molecular weight excluding hydrogens is 403 g/mol. The number of carbonyl (C=O) groups is 1. The van der Waals surface area contributed by atoms with Gasteiger partial charge in [-0.25, -0.2) is 12.8 Å². The molecule has 28 heavy (non-hydrogen) atoms. The normalized spacial score (nSPS) is 15.6. The zero-order valence-corrected chi connectivity index (χ0v) is 17.1. The van der Waals surface area contributed by atoms with E-state index in [0.717, 1.165) is 17.7 Å². The first-order valence-electron chi connectivity index (χ1n) is 9.06. The monoisotopic (exact) mass is 424 g/mol. The summed E-state index contributed by atoms with van der Waals surface area (Å²) in [6.07, 6.45) is 1.05. The van der Waals surface area contributed by atoms with Gasteiger partial charge in [-0.1, -0.05) is 41.4 Å². The van der Waals surface area contributed by atoms with E-state index in [1.54, 1.807) is 4.90 Å². The molecular formula is C20H22ClFN2O3S. The number of benzene rings is 2. The number of rotatable bonds is 5. The Bertz CT molecular complexity index is 956. The van der Waals surface area contributed by atoms with Crippen molar-refractivity contribution in [2.75, 3.05) is 26.2 Å². The molecule has 0 N–H and O–H groups in total. The highest BCUT2D eigenvalue weighted by Gasteiger charge is 2.30. The molecule has 5 nitrogen and oxygen atoms in total. The molecule has 0 unspecified atom stereocenters. The molecule has 3 rings (SSSR count). The van der Waals surface area contributed by atoms with Crippen LogP contribution >= 0.6 is 11.6 Å². The van der Waals surface area contributed by atoms with E-state index in [1.165, 1.54) is 15.9 Å². The lowest BCUT2D eigenvalue weighted by atomic mass is 10.1. The summed E-state index contributed by atoms with van der Waals surface area (Å²) in [4.78, 5) is 14.1. The van der Waals surface area contributed by atoms with Gasteiger partial charge in [-0.05, 0) is 37.1 Å². The molecule has 1 aliphatic rings. The van der Waals surface area contributed by atoms with E-state index in [2.05, 4.69) is 0 Å². The number of halogens is 2. The van der Waals surface area contributed by atoms with Gasteiger partial charge in [0.25, 0.3) is 0 Å². The summed E-state index contributed by atoms with van der Waals surface area (Å²) in [6.45, 7) is 3.09. The van der Waals surface area contributed by atoms with Crippen LogP contribution in [-0.4, -0.2) is 49.7 Å². The lowest BCUT2D eigenvalue weighted by Crippen LogP contribution is -2.50. The van der Waals surface area contributed by atoms with Crippen LogP contribution in [0.1, 0.15) is 17.5 Å². The van der Waals surface area contributed by atoms with Gasteiger partial charge >= 0.3 is 0 Å². The Kier molecular flexibility index (Phi) is 6.37. The maximum atomic E-state index is 13.3. The van der Waals surface area contributed by atoms with E-state index < -0.39 is 15.8 Å². The number of sulfonamides is 1. The number of aryl methyl sites for hydroxylation is 2. The second kappa shape index (κ2) is 8.59. The first-order chi connectivity index (χ1) is 13.3. The van der Waals surface area contributed by atoms with Gasteiger partial charge in [0.2, 0.25) is 15.9 Å². The summed E-state index contributed by atoms with van der Waals surface area (Å²) < 4.78 is 40.0. The molecule has 0 radical (unpaired) electrons. The minimum Gasteiger partial charge on any atom is -0.340 e. The number of hydrogen-bond acceptors (Lipinski definition) is 3. The summed E-state index contributed by atoms with van der Waals surface area (Å²) >= 11 is 5.71. The molecule has 1 heterocycles. The first-order valence-corrected chi connectivity index (χ1v) is 10.9. The highest BCUT2D eigenvalue weighted by molar-refractivity contribution is 7.89. The van der Waals surface area contributed by atoms with Crippen LogP contribution in [0.4, 0.5) is 4.39 Å². The van der Waals surface area contributed by atoms with Crippen molar-refractivity contribution in [1.82, 2.24) is 9.21 Å². The predicted octanol–water partition coefficient (Wildman–Crippen LogP) is 3.25. The average Bonchev–Trinajstić information content (AvgIpc) is 2.69. The Morgan fingerprint density at radius 1 is 1.07 bits per heavy atom. The minimum atomic E-state index is -3.77. The van der Waals surface area contributed by atoms with Crippen LogP contribution in [0.5, 0.6) is 0 Å². The molecule has 1 saturated heterocycles. The topological polar surface area (TPSA) is 57.7 Å². The second-order valence-corrected chi connectivity index (χ2v) is 9.19. The lowest BCUT2D eigenvalue weighted by molar-refractivity contribution is -0.132. The third-order valence-electron chi connectivity index (χ3n) is 4.87. The van der Waals surface area contributed by atoms with Crippen molar-refractivity contribution in [2.24, 2.45) is 0 Å². The van der Waals surface area contributed by atoms with E-state index >= 15 is 0 Å². The van der Waals surface area contributed by atoms with Crippen molar-refractivity contribution in [1.29, 1.82) is 0 Å². The van der Waals surface area contributed by atoms with Crippen molar-refractivity contribution in [3.05, 3.63) is 64.4 Å². The molecule has 2 aromatic rings. The van der Waals surface area contributed by atoms with Crippen molar-refractivity contribution in [2.45, 2.75) is 24.7 Å². The van der Waals surface area contributed by atoms with Crippen molar-refractivity contribution in [3.8, 4) is 0 Å². The molecule has 1 aliphatic heterocycles.